The van der Waals surface area contributed by atoms with Crippen molar-refractivity contribution in [2.24, 2.45) is 0 Å². The van der Waals surface area contributed by atoms with E-state index in [4.69, 9.17) is 4.74 Å². The molecular formula is C11H14N4O2S. The van der Waals surface area contributed by atoms with Gasteiger partial charge < -0.3 is 4.74 Å². The van der Waals surface area contributed by atoms with Crippen LogP contribution in [0.5, 0.6) is 0 Å². The Hall–Kier alpha value is -1.76. The van der Waals surface area contributed by atoms with E-state index in [1.165, 1.54) is 7.11 Å². The van der Waals surface area contributed by atoms with Crippen molar-refractivity contribution in [1.29, 1.82) is 0 Å². The molecule has 96 valence electrons. The fourth-order valence-electron chi connectivity index (χ4n) is 1.71. The Morgan fingerprint density at radius 2 is 2.33 bits per heavy atom. The number of esters is 1. The van der Waals surface area contributed by atoms with Crippen molar-refractivity contribution in [3.63, 3.8) is 0 Å². The Morgan fingerprint density at radius 1 is 1.56 bits per heavy atom. The third-order valence-corrected chi connectivity index (χ3v) is 3.23. The smallest absolute Gasteiger partial charge is 0.360 e. The standard InChI is InChI=1S/C11H14N4O2S/c1-7(2)10-9(11(16)17-3)13-14-15(10)6-8-12-4-5-18-8/h4-5,7H,6H2,1-3H3. The van der Waals surface area contributed by atoms with Gasteiger partial charge in [0.2, 0.25) is 0 Å². The molecule has 0 saturated carbocycles. The van der Waals surface area contributed by atoms with Gasteiger partial charge >= 0.3 is 5.97 Å². The van der Waals surface area contributed by atoms with Crippen molar-refractivity contribution in [1.82, 2.24) is 20.0 Å². The number of nitrogens with zero attached hydrogens (tertiary/aromatic N) is 4. The van der Waals surface area contributed by atoms with E-state index >= 15 is 0 Å². The predicted molar refractivity (Wildman–Crippen MR) is 66.7 cm³/mol. The van der Waals surface area contributed by atoms with Crippen LogP contribution >= 0.6 is 11.3 Å². The van der Waals surface area contributed by atoms with Crippen LogP contribution in [0.4, 0.5) is 0 Å². The van der Waals surface area contributed by atoms with Gasteiger partial charge in [0.15, 0.2) is 5.69 Å². The van der Waals surface area contributed by atoms with Gasteiger partial charge in [0.25, 0.3) is 0 Å². The number of rotatable bonds is 4. The molecule has 0 bridgehead atoms. The highest BCUT2D eigenvalue weighted by Gasteiger charge is 2.22. The molecule has 0 aliphatic carbocycles. The summed E-state index contributed by atoms with van der Waals surface area (Å²) in [5.41, 5.74) is 1.06. The van der Waals surface area contributed by atoms with E-state index in [2.05, 4.69) is 15.3 Å². The Bertz CT molecular complexity index is 533. The lowest BCUT2D eigenvalue weighted by molar-refractivity contribution is 0.0592. The van der Waals surface area contributed by atoms with Crippen LogP contribution in [-0.4, -0.2) is 33.1 Å². The second-order valence-electron chi connectivity index (χ2n) is 4.05. The minimum absolute atomic E-state index is 0.133. The summed E-state index contributed by atoms with van der Waals surface area (Å²) in [5.74, 6) is -0.321. The van der Waals surface area contributed by atoms with Crippen LogP contribution in [-0.2, 0) is 11.3 Å². The van der Waals surface area contributed by atoms with Crippen LogP contribution in [0.15, 0.2) is 11.6 Å². The average Bonchev–Trinajstić information content (AvgIpc) is 2.97. The number of ether oxygens (including phenoxy) is 1. The van der Waals surface area contributed by atoms with Crippen molar-refractivity contribution in [3.8, 4) is 0 Å². The van der Waals surface area contributed by atoms with Gasteiger partial charge in [-0.25, -0.2) is 14.5 Å². The van der Waals surface area contributed by atoms with Crippen molar-refractivity contribution in [3.05, 3.63) is 28.0 Å². The highest BCUT2D eigenvalue weighted by atomic mass is 32.1. The van der Waals surface area contributed by atoms with Gasteiger partial charge in [-0.15, -0.1) is 16.4 Å². The molecule has 0 spiro atoms. The maximum Gasteiger partial charge on any atom is 0.360 e. The number of hydrogen-bond donors (Lipinski definition) is 0. The molecule has 2 heterocycles. The minimum Gasteiger partial charge on any atom is -0.464 e. The molecule has 0 fully saturated rings. The maximum absolute atomic E-state index is 11.6. The van der Waals surface area contributed by atoms with Crippen molar-refractivity contribution in [2.45, 2.75) is 26.3 Å². The van der Waals surface area contributed by atoms with Gasteiger partial charge in [-0.3, -0.25) is 0 Å². The fraction of sp³-hybridized carbons (Fsp3) is 0.455. The number of carbonyl (C=O) groups excluding carboxylic acids is 1. The molecule has 0 radical (unpaired) electrons. The molecule has 0 unspecified atom stereocenters. The highest BCUT2D eigenvalue weighted by Crippen LogP contribution is 2.19. The van der Waals surface area contributed by atoms with Gasteiger partial charge in [-0.2, -0.15) is 0 Å². The summed E-state index contributed by atoms with van der Waals surface area (Å²) in [4.78, 5) is 15.8. The van der Waals surface area contributed by atoms with Crippen LogP contribution in [0.1, 0.15) is 41.0 Å². The maximum atomic E-state index is 11.6. The molecule has 0 saturated heterocycles. The summed E-state index contributed by atoms with van der Waals surface area (Å²) in [7, 11) is 1.34. The van der Waals surface area contributed by atoms with E-state index in [1.54, 1.807) is 22.2 Å². The van der Waals surface area contributed by atoms with Crippen molar-refractivity contribution < 1.29 is 9.53 Å². The number of thiazole rings is 1. The summed E-state index contributed by atoms with van der Waals surface area (Å²) in [6, 6.07) is 0. The van der Waals surface area contributed by atoms with Crippen LogP contribution < -0.4 is 0 Å². The first-order valence-corrected chi connectivity index (χ1v) is 6.41. The zero-order valence-electron chi connectivity index (χ0n) is 10.5. The molecule has 2 aromatic heterocycles. The van der Waals surface area contributed by atoms with Gasteiger partial charge in [-0.1, -0.05) is 19.1 Å². The second-order valence-corrected chi connectivity index (χ2v) is 5.03. The van der Waals surface area contributed by atoms with Crippen LogP contribution in [0.2, 0.25) is 0 Å². The zero-order chi connectivity index (χ0) is 13.1. The number of carbonyl (C=O) groups is 1. The highest BCUT2D eigenvalue weighted by molar-refractivity contribution is 7.09. The Balaban J connectivity index is 2.36. The molecule has 0 aliphatic heterocycles. The van der Waals surface area contributed by atoms with Gasteiger partial charge in [0, 0.05) is 11.6 Å². The van der Waals surface area contributed by atoms with Crippen molar-refractivity contribution >= 4 is 17.3 Å². The van der Waals surface area contributed by atoms with Crippen LogP contribution in [0.25, 0.3) is 0 Å². The summed E-state index contributed by atoms with van der Waals surface area (Å²) >= 11 is 1.55. The monoisotopic (exact) mass is 266 g/mol. The SMILES string of the molecule is COC(=O)c1nnn(Cc2nccs2)c1C(C)C. The summed E-state index contributed by atoms with van der Waals surface area (Å²) in [6.07, 6.45) is 1.74. The summed E-state index contributed by atoms with van der Waals surface area (Å²) < 4.78 is 6.41. The second kappa shape index (κ2) is 5.26. The third kappa shape index (κ3) is 2.40. The van der Waals surface area contributed by atoms with Gasteiger partial charge in [-0.05, 0) is 5.92 Å². The van der Waals surface area contributed by atoms with Crippen molar-refractivity contribution in [2.75, 3.05) is 7.11 Å². The van der Waals surface area contributed by atoms with E-state index in [1.807, 2.05) is 19.2 Å². The first-order valence-electron chi connectivity index (χ1n) is 5.53. The Morgan fingerprint density at radius 3 is 2.89 bits per heavy atom. The van der Waals surface area contributed by atoms with E-state index in [0.717, 1.165) is 10.7 Å². The Kier molecular flexibility index (Phi) is 3.71. The van der Waals surface area contributed by atoms with E-state index in [-0.39, 0.29) is 11.6 Å². The largest absolute Gasteiger partial charge is 0.464 e. The number of aromatic nitrogens is 4. The van der Waals surface area contributed by atoms with Gasteiger partial charge in [0.05, 0.1) is 19.3 Å². The molecule has 0 aromatic carbocycles. The quantitative estimate of drug-likeness (QED) is 0.788. The number of methoxy groups -OCH3 is 1. The molecule has 0 amide bonds. The molecule has 6 nitrogen and oxygen atoms in total. The predicted octanol–water partition coefficient (Wildman–Crippen LogP) is 1.69. The molecule has 0 atom stereocenters. The fourth-order valence-corrected chi connectivity index (χ4v) is 2.31. The molecular weight excluding hydrogens is 252 g/mol. The minimum atomic E-state index is -0.455. The third-order valence-electron chi connectivity index (χ3n) is 2.47. The average molecular weight is 266 g/mol. The summed E-state index contributed by atoms with van der Waals surface area (Å²) in [6.45, 7) is 4.50. The van der Waals surface area contributed by atoms with Crippen LogP contribution in [0.3, 0.4) is 0 Å². The molecule has 7 heteroatoms. The lowest BCUT2D eigenvalue weighted by atomic mass is 10.1. The normalized spacial score (nSPS) is 10.9. The molecule has 18 heavy (non-hydrogen) atoms. The summed E-state index contributed by atoms with van der Waals surface area (Å²) in [5, 5.41) is 10.8. The molecule has 2 aromatic rings. The Labute approximate surface area is 109 Å². The number of hydrogen-bond acceptors (Lipinski definition) is 6. The molecule has 0 N–H and O–H groups in total. The molecule has 2 rings (SSSR count). The van der Waals surface area contributed by atoms with E-state index in [9.17, 15) is 4.79 Å². The van der Waals surface area contributed by atoms with E-state index < -0.39 is 5.97 Å². The molecule has 0 aliphatic rings. The lowest BCUT2D eigenvalue weighted by Gasteiger charge is -2.08. The topological polar surface area (TPSA) is 69.9 Å². The van der Waals surface area contributed by atoms with Gasteiger partial charge in [0.1, 0.15) is 5.01 Å². The zero-order valence-corrected chi connectivity index (χ0v) is 11.3. The van der Waals surface area contributed by atoms with Crippen LogP contribution in [0, 0.1) is 0 Å². The van der Waals surface area contributed by atoms with E-state index in [0.29, 0.717) is 6.54 Å². The lowest BCUT2D eigenvalue weighted by Crippen LogP contribution is -2.11. The first kappa shape index (κ1) is 12.7. The first-order chi connectivity index (χ1) is 8.63.